The molecule has 2 aromatic rings. The van der Waals surface area contributed by atoms with Crippen LogP contribution in [0.2, 0.25) is 0 Å². The molecule has 1 fully saturated rings. The number of amides is 1. The number of rotatable bonds is 5. The number of benzene rings is 1. The van der Waals surface area contributed by atoms with E-state index in [0.717, 1.165) is 36.3 Å². The predicted octanol–water partition coefficient (Wildman–Crippen LogP) is 3.11. The second kappa shape index (κ2) is 7.36. The first kappa shape index (κ1) is 15.7. The van der Waals surface area contributed by atoms with Gasteiger partial charge in [0.2, 0.25) is 5.91 Å². The lowest BCUT2D eigenvalue weighted by Gasteiger charge is -2.07. The van der Waals surface area contributed by atoms with Crippen LogP contribution in [-0.4, -0.2) is 23.6 Å². The maximum absolute atomic E-state index is 12.0. The van der Waals surface area contributed by atoms with E-state index in [2.05, 4.69) is 16.4 Å². The monoisotopic (exact) mass is 327 g/mol. The quantitative estimate of drug-likeness (QED) is 0.915. The number of anilines is 1. The van der Waals surface area contributed by atoms with Crippen LogP contribution in [0.3, 0.4) is 0 Å². The predicted molar refractivity (Wildman–Crippen MR) is 88.3 cm³/mol. The van der Waals surface area contributed by atoms with Crippen molar-refractivity contribution < 1.29 is 9.53 Å². The van der Waals surface area contributed by atoms with E-state index in [0.29, 0.717) is 17.1 Å². The number of ether oxygens (including phenoxy) is 1. The summed E-state index contributed by atoms with van der Waals surface area (Å²) in [5.41, 5.74) is 1.77. The molecule has 1 N–H and O–H groups in total. The molecule has 1 saturated heterocycles. The highest BCUT2D eigenvalue weighted by atomic mass is 32.1. The molecular weight excluding hydrogens is 310 g/mol. The molecule has 6 heteroatoms. The molecule has 3 rings (SSSR count). The summed E-state index contributed by atoms with van der Waals surface area (Å²) in [7, 11) is 0. The Labute approximate surface area is 138 Å². The minimum absolute atomic E-state index is 0.0452. The number of carbonyl (C=O) groups excluding carboxylic acids is 1. The molecule has 2 heterocycles. The summed E-state index contributed by atoms with van der Waals surface area (Å²) in [6.07, 6.45) is 4.95. The lowest BCUT2D eigenvalue weighted by Crippen LogP contribution is -2.19. The fourth-order valence-corrected chi connectivity index (χ4v) is 3.39. The van der Waals surface area contributed by atoms with E-state index in [9.17, 15) is 4.79 Å². The van der Waals surface area contributed by atoms with Gasteiger partial charge in [0.05, 0.1) is 24.2 Å². The second-order valence-electron chi connectivity index (χ2n) is 5.50. The van der Waals surface area contributed by atoms with Crippen molar-refractivity contribution >= 4 is 22.4 Å². The molecule has 1 unspecified atom stereocenters. The molecule has 1 amide bonds. The highest BCUT2D eigenvalue weighted by molar-refractivity contribution is 7.15. The Morgan fingerprint density at radius 2 is 2.26 bits per heavy atom. The molecule has 0 aliphatic carbocycles. The zero-order valence-electron chi connectivity index (χ0n) is 12.6. The van der Waals surface area contributed by atoms with Crippen molar-refractivity contribution in [2.45, 2.75) is 31.8 Å². The van der Waals surface area contributed by atoms with E-state index in [1.807, 2.05) is 12.1 Å². The van der Waals surface area contributed by atoms with Crippen molar-refractivity contribution in [1.29, 1.82) is 5.26 Å². The van der Waals surface area contributed by atoms with Gasteiger partial charge >= 0.3 is 0 Å². The number of aromatic nitrogens is 1. The van der Waals surface area contributed by atoms with Crippen LogP contribution in [-0.2, 0) is 16.0 Å². The molecule has 1 atom stereocenters. The van der Waals surface area contributed by atoms with Crippen LogP contribution in [0.25, 0.3) is 0 Å². The van der Waals surface area contributed by atoms with Crippen molar-refractivity contribution in [2.24, 2.45) is 0 Å². The normalized spacial score (nSPS) is 16.9. The molecule has 0 bridgehead atoms. The summed E-state index contributed by atoms with van der Waals surface area (Å²) in [5, 5.41) is 12.3. The van der Waals surface area contributed by atoms with Gasteiger partial charge < -0.3 is 10.1 Å². The first-order valence-electron chi connectivity index (χ1n) is 7.58. The van der Waals surface area contributed by atoms with Gasteiger partial charge in [0.25, 0.3) is 0 Å². The summed E-state index contributed by atoms with van der Waals surface area (Å²) >= 11 is 1.48. The third-order valence-corrected chi connectivity index (χ3v) is 4.61. The summed E-state index contributed by atoms with van der Waals surface area (Å²) < 4.78 is 5.46. The number of hydrogen-bond acceptors (Lipinski definition) is 5. The third-order valence-electron chi connectivity index (χ3n) is 3.70. The van der Waals surface area contributed by atoms with Gasteiger partial charge in [-0.1, -0.05) is 12.1 Å². The van der Waals surface area contributed by atoms with Gasteiger partial charge in [-0.25, -0.2) is 4.98 Å². The van der Waals surface area contributed by atoms with Crippen LogP contribution in [0.4, 0.5) is 5.13 Å². The number of nitrogens with one attached hydrogen (secondary N) is 1. The van der Waals surface area contributed by atoms with E-state index in [-0.39, 0.29) is 12.0 Å². The average molecular weight is 327 g/mol. The molecule has 0 radical (unpaired) electrons. The van der Waals surface area contributed by atoms with Crippen molar-refractivity contribution in [1.82, 2.24) is 4.98 Å². The molecule has 1 aliphatic rings. The van der Waals surface area contributed by atoms with Crippen molar-refractivity contribution in [2.75, 3.05) is 11.9 Å². The first-order chi connectivity index (χ1) is 11.2. The topological polar surface area (TPSA) is 75.0 Å². The van der Waals surface area contributed by atoms with Gasteiger partial charge in [-0.15, -0.1) is 11.3 Å². The van der Waals surface area contributed by atoms with E-state index >= 15 is 0 Å². The minimum atomic E-state index is -0.0452. The summed E-state index contributed by atoms with van der Waals surface area (Å²) in [6.45, 7) is 0.754. The average Bonchev–Trinajstić information content (AvgIpc) is 3.20. The summed E-state index contributed by atoms with van der Waals surface area (Å²) in [5.74, 6) is -0.0452. The molecule has 5 nitrogen and oxygen atoms in total. The largest absolute Gasteiger partial charge is 0.378 e. The molecule has 23 heavy (non-hydrogen) atoms. The molecule has 1 aromatic heterocycles. The van der Waals surface area contributed by atoms with Gasteiger partial charge in [-0.2, -0.15) is 5.26 Å². The van der Waals surface area contributed by atoms with Crippen molar-refractivity contribution in [3.8, 4) is 6.07 Å². The fraction of sp³-hybridized carbons (Fsp3) is 0.353. The highest BCUT2D eigenvalue weighted by Crippen LogP contribution is 2.22. The molecule has 118 valence electrons. The molecule has 0 saturated carbocycles. The van der Waals surface area contributed by atoms with Gasteiger partial charge in [-0.3, -0.25) is 4.79 Å². The smallest absolute Gasteiger partial charge is 0.228 e. The van der Waals surface area contributed by atoms with E-state index in [1.54, 1.807) is 18.3 Å². The van der Waals surface area contributed by atoms with Crippen LogP contribution in [0.5, 0.6) is 0 Å². The van der Waals surface area contributed by atoms with Gasteiger partial charge in [0, 0.05) is 24.1 Å². The number of carbonyl (C=O) groups is 1. The molecule has 1 aliphatic heterocycles. The van der Waals surface area contributed by atoms with Gasteiger partial charge in [0.1, 0.15) is 0 Å². The van der Waals surface area contributed by atoms with Gasteiger partial charge in [-0.05, 0) is 30.5 Å². The van der Waals surface area contributed by atoms with E-state index in [4.69, 9.17) is 10.00 Å². The maximum atomic E-state index is 12.0. The first-order valence-corrected chi connectivity index (χ1v) is 8.40. The number of nitrogens with zero attached hydrogens (tertiary/aromatic N) is 2. The SMILES string of the molecule is N#Cc1ccc(Cc2cnc(NC(=O)CC3CCCO3)s2)cc1. The van der Waals surface area contributed by atoms with Crippen LogP contribution >= 0.6 is 11.3 Å². The Hall–Kier alpha value is -2.23. The van der Waals surface area contributed by atoms with Crippen LogP contribution in [0.1, 0.15) is 35.3 Å². The zero-order valence-corrected chi connectivity index (χ0v) is 13.4. The number of thiazole rings is 1. The lowest BCUT2D eigenvalue weighted by molar-refractivity contribution is -0.118. The third kappa shape index (κ3) is 4.38. The molecule has 0 spiro atoms. The fourth-order valence-electron chi connectivity index (χ4n) is 2.53. The standard InChI is InChI=1S/C17H17N3O2S/c18-10-13-5-3-12(4-6-13)8-15-11-19-17(23-15)20-16(21)9-14-2-1-7-22-14/h3-6,11,14H,1-2,7-9H2,(H,19,20,21). The van der Waals surface area contributed by atoms with Crippen molar-refractivity contribution in [3.63, 3.8) is 0 Å². The van der Waals surface area contributed by atoms with Crippen LogP contribution in [0, 0.1) is 11.3 Å². The Balaban J connectivity index is 1.54. The van der Waals surface area contributed by atoms with Crippen LogP contribution in [0.15, 0.2) is 30.5 Å². The van der Waals surface area contributed by atoms with E-state index in [1.165, 1.54) is 11.3 Å². The van der Waals surface area contributed by atoms with Crippen molar-refractivity contribution in [3.05, 3.63) is 46.5 Å². The Morgan fingerprint density at radius 1 is 1.43 bits per heavy atom. The highest BCUT2D eigenvalue weighted by Gasteiger charge is 2.19. The lowest BCUT2D eigenvalue weighted by atomic mass is 10.1. The number of hydrogen-bond donors (Lipinski definition) is 1. The summed E-state index contributed by atoms with van der Waals surface area (Å²) in [4.78, 5) is 17.3. The Bertz CT molecular complexity index is 712. The van der Waals surface area contributed by atoms with Crippen LogP contribution < -0.4 is 5.32 Å². The van der Waals surface area contributed by atoms with Gasteiger partial charge in [0.15, 0.2) is 5.13 Å². The Morgan fingerprint density at radius 3 is 2.96 bits per heavy atom. The summed E-state index contributed by atoms with van der Waals surface area (Å²) in [6, 6.07) is 9.60. The van der Waals surface area contributed by atoms with E-state index < -0.39 is 0 Å². The Kier molecular flexibility index (Phi) is 5.01. The number of nitriles is 1. The second-order valence-corrected chi connectivity index (χ2v) is 6.62. The molecular formula is C17H17N3O2S. The zero-order chi connectivity index (χ0) is 16.1. The molecule has 1 aromatic carbocycles. The minimum Gasteiger partial charge on any atom is -0.378 e. The maximum Gasteiger partial charge on any atom is 0.228 e.